The van der Waals surface area contributed by atoms with Gasteiger partial charge in [0.05, 0.1) is 19.0 Å². The maximum Gasteiger partial charge on any atom is 0.191 e. The lowest BCUT2D eigenvalue weighted by Crippen LogP contribution is -2.44. The molecule has 7 nitrogen and oxygen atoms in total. The predicted octanol–water partition coefficient (Wildman–Crippen LogP) is 3.15. The number of nitrogens with one attached hydrogen (secondary N) is 3. The largest absolute Gasteiger partial charge is 0.495 e. The van der Waals surface area contributed by atoms with E-state index < -0.39 is 0 Å². The number of aryl methyl sites for hydroxylation is 2. The Morgan fingerprint density at radius 1 is 1.45 bits per heavy atom. The van der Waals surface area contributed by atoms with Crippen molar-refractivity contribution in [1.82, 2.24) is 20.8 Å². The number of aromatic nitrogens is 2. The first-order chi connectivity index (χ1) is 14.1. The third-order valence-electron chi connectivity index (χ3n) is 5.16. The molecule has 1 aromatic heterocycles. The van der Waals surface area contributed by atoms with Gasteiger partial charge < -0.3 is 20.3 Å². The van der Waals surface area contributed by atoms with Crippen LogP contribution in [0.5, 0.6) is 5.75 Å². The molecular formula is C21H31ClN6O. The highest BCUT2D eigenvalue weighted by atomic mass is 35.5. The number of benzene rings is 1. The quantitative estimate of drug-likeness (QED) is 0.348. The Balaban J connectivity index is 1.54. The molecule has 0 radical (unpaired) electrons. The van der Waals surface area contributed by atoms with E-state index in [4.69, 9.17) is 21.3 Å². The molecule has 1 saturated heterocycles. The number of aliphatic imine (C=N–C) groups is 1. The van der Waals surface area contributed by atoms with Gasteiger partial charge in [0.15, 0.2) is 5.96 Å². The Kier molecular flexibility index (Phi) is 7.63. The summed E-state index contributed by atoms with van der Waals surface area (Å²) in [5, 5.41) is 14.7. The van der Waals surface area contributed by atoms with Gasteiger partial charge in [-0.15, -0.1) is 0 Å². The van der Waals surface area contributed by atoms with Gasteiger partial charge in [-0.25, -0.2) is 0 Å². The van der Waals surface area contributed by atoms with Crippen LogP contribution in [-0.2, 0) is 6.42 Å². The summed E-state index contributed by atoms with van der Waals surface area (Å²) in [5.41, 5.74) is 3.45. The molecule has 0 spiro atoms. The number of rotatable bonds is 8. The number of hydrogen-bond acceptors (Lipinski definition) is 4. The number of hydrogen-bond donors (Lipinski definition) is 3. The van der Waals surface area contributed by atoms with Crippen LogP contribution in [0.3, 0.4) is 0 Å². The molecule has 158 valence electrons. The zero-order valence-corrected chi connectivity index (χ0v) is 18.2. The molecule has 3 N–H and O–H groups in total. The van der Waals surface area contributed by atoms with E-state index in [2.05, 4.69) is 39.6 Å². The first-order valence-electron chi connectivity index (χ1n) is 10.2. The number of aromatic amines is 1. The van der Waals surface area contributed by atoms with E-state index in [0.717, 1.165) is 73.6 Å². The van der Waals surface area contributed by atoms with Crippen molar-refractivity contribution in [2.24, 2.45) is 4.99 Å². The Labute approximate surface area is 177 Å². The van der Waals surface area contributed by atoms with Crippen LogP contribution in [0.1, 0.15) is 31.0 Å². The molecule has 8 heteroatoms. The molecular weight excluding hydrogens is 388 g/mol. The maximum absolute atomic E-state index is 6.20. The molecule has 0 bridgehead atoms. The SMILES string of the molecule is CCNC(=NCCCc1cn[nH]c1C)NC1CCN(c2cc(Cl)ccc2OC)C1. The first-order valence-corrected chi connectivity index (χ1v) is 10.6. The van der Waals surface area contributed by atoms with E-state index in [-0.39, 0.29) is 0 Å². The molecule has 1 aromatic carbocycles. The standard InChI is InChI=1S/C21H31ClN6O/c1-4-23-21(24-10-5-6-16-13-25-27-15(16)2)26-18-9-11-28(14-18)19-12-17(22)7-8-20(19)29-3/h7-8,12-13,18H,4-6,9-11,14H2,1-3H3,(H,25,27)(H2,23,24,26). The summed E-state index contributed by atoms with van der Waals surface area (Å²) >= 11 is 6.20. The van der Waals surface area contributed by atoms with E-state index in [1.807, 2.05) is 24.4 Å². The van der Waals surface area contributed by atoms with Gasteiger partial charge in [-0.05, 0) is 56.9 Å². The van der Waals surface area contributed by atoms with Crippen LogP contribution in [0.25, 0.3) is 0 Å². The molecule has 1 unspecified atom stereocenters. The Morgan fingerprint density at radius 3 is 3.03 bits per heavy atom. The number of H-pyrrole nitrogens is 1. The molecule has 0 amide bonds. The van der Waals surface area contributed by atoms with Crippen molar-refractivity contribution in [3.05, 3.63) is 40.7 Å². The fraction of sp³-hybridized carbons (Fsp3) is 0.524. The molecule has 2 heterocycles. The van der Waals surface area contributed by atoms with Gasteiger partial charge in [-0.3, -0.25) is 10.1 Å². The average Bonchev–Trinajstić information content (AvgIpc) is 3.34. The van der Waals surface area contributed by atoms with Gasteiger partial charge in [0.2, 0.25) is 0 Å². The fourth-order valence-corrected chi connectivity index (χ4v) is 3.77. The highest BCUT2D eigenvalue weighted by Crippen LogP contribution is 2.33. The van der Waals surface area contributed by atoms with Crippen molar-refractivity contribution < 1.29 is 4.74 Å². The summed E-state index contributed by atoms with van der Waals surface area (Å²) in [6.45, 7) is 7.59. The topological polar surface area (TPSA) is 77.6 Å². The maximum atomic E-state index is 6.20. The van der Waals surface area contributed by atoms with Crippen LogP contribution in [0.15, 0.2) is 29.4 Å². The minimum atomic E-state index is 0.326. The van der Waals surface area contributed by atoms with Crippen molar-refractivity contribution in [3.8, 4) is 5.75 Å². The predicted molar refractivity (Wildman–Crippen MR) is 119 cm³/mol. The van der Waals surface area contributed by atoms with Crippen molar-refractivity contribution in [1.29, 1.82) is 0 Å². The molecule has 2 aromatic rings. The van der Waals surface area contributed by atoms with E-state index in [0.29, 0.717) is 6.04 Å². The van der Waals surface area contributed by atoms with Crippen LogP contribution in [-0.4, -0.2) is 55.5 Å². The third kappa shape index (κ3) is 5.79. The van der Waals surface area contributed by atoms with Gasteiger partial charge in [-0.1, -0.05) is 11.6 Å². The lowest BCUT2D eigenvalue weighted by molar-refractivity contribution is 0.415. The zero-order valence-electron chi connectivity index (χ0n) is 17.5. The van der Waals surface area contributed by atoms with E-state index in [1.54, 1.807) is 7.11 Å². The summed E-state index contributed by atoms with van der Waals surface area (Å²) in [4.78, 5) is 7.06. The van der Waals surface area contributed by atoms with Crippen molar-refractivity contribution in [2.45, 2.75) is 39.2 Å². The highest BCUT2D eigenvalue weighted by molar-refractivity contribution is 6.30. The molecule has 0 aliphatic carbocycles. The smallest absolute Gasteiger partial charge is 0.191 e. The van der Waals surface area contributed by atoms with Crippen LogP contribution in [0.4, 0.5) is 5.69 Å². The Morgan fingerprint density at radius 2 is 2.31 bits per heavy atom. The van der Waals surface area contributed by atoms with Crippen LogP contribution in [0.2, 0.25) is 5.02 Å². The first kappa shape index (κ1) is 21.3. The molecule has 1 aliphatic heterocycles. The fourth-order valence-electron chi connectivity index (χ4n) is 3.61. The van der Waals surface area contributed by atoms with Gasteiger partial charge in [0, 0.05) is 42.9 Å². The summed E-state index contributed by atoms with van der Waals surface area (Å²) in [6.07, 6.45) is 4.92. The summed E-state index contributed by atoms with van der Waals surface area (Å²) in [7, 11) is 1.69. The number of ether oxygens (including phenoxy) is 1. The van der Waals surface area contributed by atoms with Gasteiger partial charge in [0.25, 0.3) is 0 Å². The van der Waals surface area contributed by atoms with E-state index >= 15 is 0 Å². The number of methoxy groups -OCH3 is 1. The Bertz CT molecular complexity index is 821. The average molecular weight is 419 g/mol. The second-order valence-corrected chi connectivity index (χ2v) is 7.71. The normalized spacial score (nSPS) is 16.9. The molecule has 0 saturated carbocycles. The second-order valence-electron chi connectivity index (χ2n) is 7.28. The molecule has 3 rings (SSSR count). The van der Waals surface area contributed by atoms with Crippen molar-refractivity contribution >= 4 is 23.2 Å². The zero-order chi connectivity index (χ0) is 20.6. The monoisotopic (exact) mass is 418 g/mol. The summed E-state index contributed by atoms with van der Waals surface area (Å²) < 4.78 is 5.51. The number of nitrogens with zero attached hydrogens (tertiary/aromatic N) is 3. The lowest BCUT2D eigenvalue weighted by Gasteiger charge is -2.22. The molecule has 1 atom stereocenters. The number of guanidine groups is 1. The van der Waals surface area contributed by atoms with Crippen molar-refractivity contribution in [2.75, 3.05) is 38.2 Å². The van der Waals surface area contributed by atoms with Crippen LogP contribution in [0, 0.1) is 6.92 Å². The lowest BCUT2D eigenvalue weighted by atomic mass is 10.1. The van der Waals surface area contributed by atoms with Gasteiger partial charge >= 0.3 is 0 Å². The van der Waals surface area contributed by atoms with Crippen LogP contribution < -0.4 is 20.3 Å². The summed E-state index contributed by atoms with van der Waals surface area (Å²) in [6, 6.07) is 6.08. The van der Waals surface area contributed by atoms with Gasteiger partial charge in [0.1, 0.15) is 5.75 Å². The molecule has 29 heavy (non-hydrogen) atoms. The Hall–Kier alpha value is -2.41. The molecule has 1 fully saturated rings. The van der Waals surface area contributed by atoms with Crippen LogP contribution >= 0.6 is 11.6 Å². The highest BCUT2D eigenvalue weighted by Gasteiger charge is 2.25. The third-order valence-corrected chi connectivity index (χ3v) is 5.40. The number of anilines is 1. The number of halogens is 1. The minimum absolute atomic E-state index is 0.326. The van der Waals surface area contributed by atoms with Crippen molar-refractivity contribution in [3.63, 3.8) is 0 Å². The van der Waals surface area contributed by atoms with E-state index in [9.17, 15) is 0 Å². The minimum Gasteiger partial charge on any atom is -0.495 e. The second kappa shape index (κ2) is 10.4. The van der Waals surface area contributed by atoms with E-state index in [1.165, 1.54) is 5.56 Å². The van der Waals surface area contributed by atoms with Gasteiger partial charge in [-0.2, -0.15) is 5.10 Å². The summed E-state index contributed by atoms with van der Waals surface area (Å²) in [5.74, 6) is 1.73. The molecule has 1 aliphatic rings.